The molecule has 0 spiro atoms. The van der Waals surface area contributed by atoms with Gasteiger partial charge in [0.05, 0.1) is 0 Å². The topological polar surface area (TPSA) is 58.4 Å². The van der Waals surface area contributed by atoms with Crippen molar-refractivity contribution in [2.24, 2.45) is 5.73 Å². The van der Waals surface area contributed by atoms with Gasteiger partial charge in [-0.05, 0) is 25.6 Å². The zero-order valence-electron chi connectivity index (χ0n) is 12.9. The van der Waals surface area contributed by atoms with E-state index in [-0.39, 0.29) is 42.8 Å². The van der Waals surface area contributed by atoms with Crippen molar-refractivity contribution in [1.29, 1.82) is 0 Å². The molecule has 4 nitrogen and oxygen atoms in total. The van der Waals surface area contributed by atoms with Crippen LogP contribution in [0.1, 0.15) is 32.4 Å². The molecule has 1 aromatic rings. The average Bonchev–Trinajstić information content (AvgIpc) is 2.45. The molecule has 0 radical (unpaired) electrons. The Kier molecular flexibility index (Phi) is 12.6. The predicted molar refractivity (Wildman–Crippen MR) is 93.3 cm³/mol. The predicted octanol–water partition coefficient (Wildman–Crippen LogP) is 2.38. The first kappa shape index (κ1) is 22.5. The van der Waals surface area contributed by atoms with Crippen LogP contribution < -0.4 is 11.1 Å². The minimum atomic E-state index is -0.245. The molecule has 0 aliphatic rings. The number of nitrogens with two attached hydrogens (primary N) is 1. The van der Waals surface area contributed by atoms with E-state index in [0.29, 0.717) is 6.54 Å². The third-order valence-corrected chi connectivity index (χ3v) is 3.28. The van der Waals surface area contributed by atoms with E-state index in [0.717, 1.165) is 18.7 Å². The number of carbonyl (C=O) groups excluding carboxylic acids is 1. The SMILES string of the molecule is CCN(CC)C(C(=O)N[C@@H](C)CN)c1ccccc1.Cl.Cl. The van der Waals surface area contributed by atoms with Crippen molar-refractivity contribution in [3.05, 3.63) is 35.9 Å². The molecule has 0 saturated heterocycles. The Hall–Kier alpha value is -0.810. The van der Waals surface area contributed by atoms with Gasteiger partial charge in [0.25, 0.3) is 0 Å². The standard InChI is InChI=1S/C15H25N3O.2ClH/c1-4-18(5-2)14(13-9-7-6-8-10-13)15(19)17-12(3)11-16;;/h6-10,12,14H,4-5,11,16H2,1-3H3,(H,17,19);2*1H/t12-,14?;;/m0../s1. The summed E-state index contributed by atoms with van der Waals surface area (Å²) in [4.78, 5) is 14.6. The smallest absolute Gasteiger partial charge is 0.242 e. The van der Waals surface area contributed by atoms with Crippen LogP contribution in [-0.2, 0) is 4.79 Å². The van der Waals surface area contributed by atoms with Crippen LogP contribution in [-0.4, -0.2) is 36.5 Å². The van der Waals surface area contributed by atoms with Crippen molar-refractivity contribution in [2.75, 3.05) is 19.6 Å². The monoisotopic (exact) mass is 335 g/mol. The van der Waals surface area contributed by atoms with Gasteiger partial charge in [-0.2, -0.15) is 0 Å². The molecule has 0 fully saturated rings. The minimum Gasteiger partial charge on any atom is -0.351 e. The van der Waals surface area contributed by atoms with Gasteiger partial charge >= 0.3 is 0 Å². The second kappa shape index (κ2) is 11.8. The van der Waals surface area contributed by atoms with Crippen molar-refractivity contribution in [2.45, 2.75) is 32.9 Å². The number of benzene rings is 1. The Morgan fingerprint density at radius 1 is 1.19 bits per heavy atom. The molecular weight excluding hydrogens is 309 g/mol. The normalized spacial score (nSPS) is 12.8. The maximum absolute atomic E-state index is 12.5. The van der Waals surface area contributed by atoms with E-state index in [1.807, 2.05) is 37.3 Å². The summed E-state index contributed by atoms with van der Waals surface area (Å²) in [7, 11) is 0. The Morgan fingerprint density at radius 2 is 1.71 bits per heavy atom. The lowest BCUT2D eigenvalue weighted by Gasteiger charge is -2.30. The average molecular weight is 336 g/mol. The number of nitrogens with one attached hydrogen (secondary N) is 1. The Balaban J connectivity index is 0. The maximum Gasteiger partial charge on any atom is 0.242 e. The van der Waals surface area contributed by atoms with E-state index in [2.05, 4.69) is 24.1 Å². The summed E-state index contributed by atoms with van der Waals surface area (Å²) >= 11 is 0. The molecule has 122 valence electrons. The zero-order chi connectivity index (χ0) is 14.3. The molecule has 1 unspecified atom stereocenters. The number of carbonyl (C=O) groups is 1. The molecule has 0 bridgehead atoms. The molecule has 0 saturated carbocycles. The number of likely N-dealkylation sites (N-methyl/N-ethyl adjacent to an activating group) is 1. The van der Waals surface area contributed by atoms with E-state index in [1.54, 1.807) is 0 Å². The summed E-state index contributed by atoms with van der Waals surface area (Å²) in [6, 6.07) is 9.63. The number of hydrogen-bond donors (Lipinski definition) is 2. The first-order valence-electron chi connectivity index (χ1n) is 6.93. The molecule has 0 heterocycles. The van der Waals surface area contributed by atoms with Gasteiger partial charge in [-0.1, -0.05) is 44.2 Å². The number of amides is 1. The van der Waals surface area contributed by atoms with E-state index in [1.165, 1.54) is 0 Å². The van der Waals surface area contributed by atoms with Crippen LogP contribution in [0.3, 0.4) is 0 Å². The highest BCUT2D eigenvalue weighted by molar-refractivity contribution is 5.85. The second-order valence-corrected chi connectivity index (χ2v) is 4.68. The minimum absolute atomic E-state index is 0. The first-order chi connectivity index (χ1) is 9.13. The molecule has 1 rings (SSSR count). The highest BCUT2D eigenvalue weighted by Gasteiger charge is 2.26. The summed E-state index contributed by atoms with van der Waals surface area (Å²) in [5, 5.41) is 2.97. The summed E-state index contributed by atoms with van der Waals surface area (Å²) in [6.45, 7) is 8.17. The van der Waals surface area contributed by atoms with E-state index in [4.69, 9.17) is 5.73 Å². The molecule has 21 heavy (non-hydrogen) atoms. The molecular formula is C15H27Cl2N3O. The largest absolute Gasteiger partial charge is 0.351 e. The molecule has 3 N–H and O–H groups in total. The molecule has 1 aromatic carbocycles. The zero-order valence-corrected chi connectivity index (χ0v) is 14.5. The number of halogens is 2. The molecule has 1 amide bonds. The van der Waals surface area contributed by atoms with Gasteiger partial charge in [-0.3, -0.25) is 9.69 Å². The highest BCUT2D eigenvalue weighted by atomic mass is 35.5. The summed E-state index contributed by atoms with van der Waals surface area (Å²) in [5.41, 5.74) is 6.59. The number of hydrogen-bond acceptors (Lipinski definition) is 3. The summed E-state index contributed by atoms with van der Waals surface area (Å²) < 4.78 is 0. The van der Waals surface area contributed by atoms with Gasteiger partial charge in [0.15, 0.2) is 0 Å². The highest BCUT2D eigenvalue weighted by Crippen LogP contribution is 2.20. The van der Waals surface area contributed by atoms with Crippen molar-refractivity contribution >= 4 is 30.7 Å². The lowest BCUT2D eigenvalue weighted by molar-refractivity contribution is -0.127. The molecule has 0 aliphatic carbocycles. The summed E-state index contributed by atoms with van der Waals surface area (Å²) in [5.74, 6) is 0.0212. The van der Waals surface area contributed by atoms with Gasteiger partial charge in [-0.15, -0.1) is 24.8 Å². The fourth-order valence-corrected chi connectivity index (χ4v) is 2.13. The first-order valence-corrected chi connectivity index (χ1v) is 6.93. The van der Waals surface area contributed by atoms with Gasteiger partial charge < -0.3 is 11.1 Å². The quantitative estimate of drug-likeness (QED) is 0.804. The molecule has 2 atom stereocenters. The van der Waals surface area contributed by atoms with Crippen LogP contribution in [0.25, 0.3) is 0 Å². The molecule has 6 heteroatoms. The van der Waals surface area contributed by atoms with E-state index >= 15 is 0 Å². The lowest BCUT2D eigenvalue weighted by Crippen LogP contribution is -2.45. The van der Waals surface area contributed by atoms with Crippen LogP contribution in [0.4, 0.5) is 0 Å². The fourth-order valence-electron chi connectivity index (χ4n) is 2.13. The number of rotatable bonds is 7. The van der Waals surface area contributed by atoms with Crippen LogP contribution in [0, 0.1) is 0 Å². The Bertz CT molecular complexity index is 386. The number of nitrogens with zero attached hydrogens (tertiary/aromatic N) is 1. The van der Waals surface area contributed by atoms with Crippen LogP contribution >= 0.6 is 24.8 Å². The van der Waals surface area contributed by atoms with Crippen LogP contribution in [0.2, 0.25) is 0 Å². The molecule has 0 aliphatic heterocycles. The Morgan fingerprint density at radius 3 is 2.14 bits per heavy atom. The lowest BCUT2D eigenvalue weighted by atomic mass is 10.0. The van der Waals surface area contributed by atoms with E-state index < -0.39 is 0 Å². The van der Waals surface area contributed by atoms with Crippen molar-refractivity contribution < 1.29 is 4.79 Å². The molecule has 0 aromatic heterocycles. The fraction of sp³-hybridized carbons (Fsp3) is 0.533. The summed E-state index contributed by atoms with van der Waals surface area (Å²) in [6.07, 6.45) is 0. The third kappa shape index (κ3) is 6.66. The third-order valence-electron chi connectivity index (χ3n) is 3.28. The van der Waals surface area contributed by atoms with Gasteiger partial charge in [-0.25, -0.2) is 0 Å². The van der Waals surface area contributed by atoms with Crippen molar-refractivity contribution in [3.63, 3.8) is 0 Å². The van der Waals surface area contributed by atoms with Crippen LogP contribution in [0.5, 0.6) is 0 Å². The van der Waals surface area contributed by atoms with Crippen LogP contribution in [0.15, 0.2) is 30.3 Å². The van der Waals surface area contributed by atoms with Gasteiger partial charge in [0.1, 0.15) is 6.04 Å². The van der Waals surface area contributed by atoms with Crippen molar-refractivity contribution in [1.82, 2.24) is 10.2 Å². The van der Waals surface area contributed by atoms with Crippen molar-refractivity contribution in [3.8, 4) is 0 Å². The Labute approximate surface area is 140 Å². The van der Waals surface area contributed by atoms with Gasteiger partial charge in [0.2, 0.25) is 5.91 Å². The van der Waals surface area contributed by atoms with E-state index in [9.17, 15) is 4.79 Å². The second-order valence-electron chi connectivity index (χ2n) is 4.68. The van der Waals surface area contributed by atoms with Gasteiger partial charge in [0, 0.05) is 12.6 Å². The maximum atomic E-state index is 12.5.